The van der Waals surface area contributed by atoms with Gasteiger partial charge in [0.1, 0.15) is 17.8 Å². The molecule has 0 spiro atoms. The summed E-state index contributed by atoms with van der Waals surface area (Å²) in [6.45, 7) is 5.85. The molecule has 1 heterocycles. The fourth-order valence-corrected chi connectivity index (χ4v) is 9.99. The van der Waals surface area contributed by atoms with Gasteiger partial charge in [-0.3, -0.25) is 19.2 Å². The molecule has 316 valence electrons. The van der Waals surface area contributed by atoms with E-state index >= 15 is 0 Å². The van der Waals surface area contributed by atoms with Crippen molar-refractivity contribution in [1.29, 1.82) is 0 Å². The van der Waals surface area contributed by atoms with E-state index in [9.17, 15) is 44.1 Å². The Kier molecular flexibility index (Phi) is 19.8. The van der Waals surface area contributed by atoms with E-state index in [1.807, 2.05) is 69.4 Å². The van der Waals surface area contributed by atoms with Gasteiger partial charge in [0.05, 0.1) is 32.2 Å². The van der Waals surface area contributed by atoms with Crippen LogP contribution in [0.15, 0.2) is 42.5 Å². The molecule has 0 fully saturated rings. The minimum Gasteiger partial charge on any atom is -0.495 e. The van der Waals surface area contributed by atoms with Gasteiger partial charge in [-0.05, 0) is 117 Å². The predicted octanol–water partition coefficient (Wildman–Crippen LogP) is 4.62. The molecule has 58 heavy (non-hydrogen) atoms. The van der Waals surface area contributed by atoms with Gasteiger partial charge in [-0.2, -0.15) is 0 Å². The lowest BCUT2D eigenvalue weighted by molar-refractivity contribution is -0.145. The number of amides is 4. The molecular weight excluding hydrogens is 1100 g/mol. The maximum atomic E-state index is 13.4. The molecule has 0 saturated carbocycles. The van der Waals surface area contributed by atoms with Crippen molar-refractivity contribution >= 4 is 103 Å². The van der Waals surface area contributed by atoms with Crippen molar-refractivity contribution in [3.63, 3.8) is 0 Å². The van der Waals surface area contributed by atoms with Crippen molar-refractivity contribution in [2.24, 2.45) is 5.92 Å². The maximum absolute atomic E-state index is 13.4. The van der Waals surface area contributed by atoms with Gasteiger partial charge in [-0.15, -0.1) is 4.73 Å². The molecule has 7 N–H and O–H groups in total. The first kappa shape index (κ1) is 48.5. The van der Waals surface area contributed by atoms with Crippen LogP contribution in [0.2, 0.25) is 0 Å². The number of hydrogen-bond acceptors (Lipinski definition) is 10. The average Bonchev–Trinajstić information content (AvgIpc) is 3.47. The van der Waals surface area contributed by atoms with Crippen LogP contribution in [0.1, 0.15) is 86.7 Å². The fraction of sp³-hybridized carbons (Fsp3) is 0.436. The summed E-state index contributed by atoms with van der Waals surface area (Å²) in [6, 6.07) is 8.81. The third-order valence-corrected chi connectivity index (χ3v) is 11.5. The highest BCUT2D eigenvalue weighted by Crippen LogP contribution is 2.33. The largest absolute Gasteiger partial charge is 0.495 e. The maximum Gasteiger partial charge on any atom is 0.333 e. The molecule has 0 bridgehead atoms. The van der Waals surface area contributed by atoms with Gasteiger partial charge in [-0.25, -0.2) is 9.59 Å². The number of carboxylic acid groups (broad SMARTS) is 1. The Hall–Kier alpha value is -3.87. The normalized spacial score (nSPS) is 12.6. The molecule has 3 aromatic rings. The van der Waals surface area contributed by atoms with Crippen LogP contribution in [-0.4, -0.2) is 87.9 Å². The zero-order valence-electron chi connectivity index (χ0n) is 32.4. The number of benzene rings is 2. The van der Waals surface area contributed by atoms with Crippen LogP contribution in [0.3, 0.4) is 0 Å². The standard InChI is InChI=1S/C39H48I3N5O11/c1-21(2)17-23-10-12-24(13-11-23)22(3)36(52)44-20-28(37(53)43-16-8-6-5-7-9-32(51)58-47-30(49)14-15-31(47)50)45-29(48)19-27(39(55)56)46-38(54)33-25(40)18-26(41)35(57-4)34(33)42/h10-15,18,21-22,27-28,49-50H,5-9,16-17,19-20H2,1-4H3,(H,43,53)(H,44,52)(H,45,48)(H,46,54)(H,55,56)/t22-,27-,28+/m0/s1. The molecule has 3 atom stereocenters. The van der Waals surface area contributed by atoms with E-state index in [2.05, 4.69) is 57.7 Å². The van der Waals surface area contributed by atoms with Crippen molar-refractivity contribution < 1.29 is 53.7 Å². The minimum atomic E-state index is -1.65. The SMILES string of the molecule is COc1c(I)cc(I)c(C(=O)N[C@@H](CC(=O)N[C@H](CNC(=O)[C@@H](C)c2ccc(CC(C)C)cc2)C(=O)NCCCCCCC(=O)On2c(O)ccc2O)C(=O)O)c1I. The van der Waals surface area contributed by atoms with Gasteiger partial charge in [0.15, 0.2) is 0 Å². The third kappa shape index (κ3) is 14.7. The van der Waals surface area contributed by atoms with Crippen LogP contribution in [0.25, 0.3) is 0 Å². The summed E-state index contributed by atoms with van der Waals surface area (Å²) in [5.41, 5.74) is 2.09. The summed E-state index contributed by atoms with van der Waals surface area (Å²) < 4.78 is 7.78. The first-order valence-corrected chi connectivity index (χ1v) is 21.7. The molecule has 2 aromatic carbocycles. The van der Waals surface area contributed by atoms with E-state index in [1.165, 1.54) is 19.2 Å². The minimum absolute atomic E-state index is 0.0207. The number of aliphatic carboxylic acids is 1. The van der Waals surface area contributed by atoms with E-state index in [4.69, 9.17) is 9.57 Å². The van der Waals surface area contributed by atoms with Crippen molar-refractivity contribution in [3.05, 3.63) is 69.9 Å². The number of rotatable bonds is 22. The monoisotopic (exact) mass is 1140 g/mol. The van der Waals surface area contributed by atoms with Crippen molar-refractivity contribution in [2.75, 3.05) is 20.2 Å². The Morgan fingerprint density at radius 2 is 1.43 bits per heavy atom. The second kappa shape index (κ2) is 23.7. The summed E-state index contributed by atoms with van der Waals surface area (Å²) in [4.78, 5) is 82.5. The average molecular weight is 1140 g/mol. The molecule has 0 saturated heterocycles. The molecule has 0 aliphatic rings. The molecule has 0 aliphatic heterocycles. The highest BCUT2D eigenvalue weighted by molar-refractivity contribution is 14.1. The Morgan fingerprint density at radius 3 is 2.03 bits per heavy atom. The molecule has 1 aromatic heterocycles. The Balaban J connectivity index is 1.63. The summed E-state index contributed by atoms with van der Waals surface area (Å²) in [6.07, 6.45) is 2.35. The Morgan fingerprint density at radius 1 is 0.793 bits per heavy atom. The number of hydrogen-bond donors (Lipinski definition) is 7. The molecule has 0 radical (unpaired) electrons. The van der Waals surface area contributed by atoms with Gasteiger partial charge in [0, 0.05) is 35.2 Å². The number of aromatic nitrogens is 1. The van der Waals surface area contributed by atoms with Crippen molar-refractivity contribution in [1.82, 2.24) is 26.0 Å². The lowest BCUT2D eigenvalue weighted by atomic mass is 9.96. The van der Waals surface area contributed by atoms with Crippen LogP contribution < -0.4 is 30.8 Å². The lowest BCUT2D eigenvalue weighted by Crippen LogP contribution is -2.54. The highest BCUT2D eigenvalue weighted by atomic mass is 127. The molecule has 16 nitrogen and oxygen atoms in total. The van der Waals surface area contributed by atoms with Crippen LogP contribution >= 0.6 is 67.8 Å². The zero-order chi connectivity index (χ0) is 43.1. The molecule has 4 amide bonds. The fourth-order valence-electron chi connectivity index (χ4n) is 5.69. The lowest BCUT2D eigenvalue weighted by Gasteiger charge is -2.22. The second-order valence-electron chi connectivity index (χ2n) is 13.8. The summed E-state index contributed by atoms with van der Waals surface area (Å²) >= 11 is 5.96. The number of nitrogens with one attached hydrogen (secondary N) is 4. The molecule has 3 rings (SSSR count). The quantitative estimate of drug-likeness (QED) is 0.0542. The first-order valence-electron chi connectivity index (χ1n) is 18.4. The number of ether oxygens (including phenoxy) is 1. The number of carboxylic acids is 1. The first-order chi connectivity index (χ1) is 27.4. The van der Waals surface area contributed by atoms with Crippen LogP contribution in [-0.2, 0) is 30.4 Å². The Labute approximate surface area is 377 Å². The number of aromatic hydroxyl groups is 2. The van der Waals surface area contributed by atoms with E-state index in [0.29, 0.717) is 49.2 Å². The molecule has 19 heteroatoms. The summed E-state index contributed by atoms with van der Waals surface area (Å²) in [5, 5.41) is 39.6. The van der Waals surface area contributed by atoms with Gasteiger partial charge in [0.25, 0.3) is 5.91 Å². The van der Waals surface area contributed by atoms with E-state index in [0.717, 1.165) is 21.1 Å². The predicted molar refractivity (Wildman–Crippen MR) is 238 cm³/mol. The van der Waals surface area contributed by atoms with Crippen LogP contribution in [0, 0.1) is 16.6 Å². The highest BCUT2D eigenvalue weighted by Gasteiger charge is 2.30. The summed E-state index contributed by atoms with van der Waals surface area (Å²) in [5.74, 6) is -5.23. The third-order valence-electron chi connectivity index (χ3n) is 8.80. The second-order valence-corrected chi connectivity index (χ2v) is 17.2. The van der Waals surface area contributed by atoms with Gasteiger partial charge in [0.2, 0.25) is 29.5 Å². The van der Waals surface area contributed by atoms with Gasteiger partial charge in [-0.1, -0.05) is 51.0 Å². The number of nitrogens with zero attached hydrogens (tertiary/aromatic N) is 1. The van der Waals surface area contributed by atoms with Crippen molar-refractivity contribution in [3.8, 4) is 17.5 Å². The van der Waals surface area contributed by atoms with E-state index in [-0.39, 0.29) is 25.1 Å². The zero-order valence-corrected chi connectivity index (χ0v) is 38.9. The number of halogens is 3. The number of carbonyl (C=O) groups excluding carboxylic acids is 5. The van der Waals surface area contributed by atoms with Crippen molar-refractivity contribution in [2.45, 2.75) is 83.7 Å². The Bertz CT molecular complexity index is 1920. The number of unbranched alkanes of at least 4 members (excludes halogenated alkanes) is 3. The topological polar surface area (TPSA) is 235 Å². The smallest absolute Gasteiger partial charge is 0.333 e. The van der Waals surface area contributed by atoms with Crippen LogP contribution in [0.4, 0.5) is 0 Å². The summed E-state index contributed by atoms with van der Waals surface area (Å²) in [7, 11) is 1.45. The van der Waals surface area contributed by atoms with Crippen LogP contribution in [0.5, 0.6) is 17.5 Å². The molecule has 0 aliphatic carbocycles. The number of methoxy groups -OCH3 is 1. The van der Waals surface area contributed by atoms with E-state index in [1.54, 1.807) is 13.0 Å². The number of carbonyl (C=O) groups is 6. The van der Waals surface area contributed by atoms with E-state index < -0.39 is 71.7 Å². The van der Waals surface area contributed by atoms with Gasteiger partial charge >= 0.3 is 11.9 Å². The molecule has 0 unspecified atom stereocenters. The molecular formula is C39H48I3N5O11. The van der Waals surface area contributed by atoms with Gasteiger partial charge < -0.3 is 46.2 Å².